The highest BCUT2D eigenvalue weighted by Gasteiger charge is 2.80. The number of nitrogens with zero attached hydrogens (tertiary/aromatic N) is 2. The lowest BCUT2D eigenvalue weighted by atomic mass is 9.46. The number of ether oxygens (including phenoxy) is 4. The zero-order chi connectivity index (χ0) is 33.9. The van der Waals surface area contributed by atoms with E-state index in [0.717, 1.165) is 49.8 Å². The third-order valence-corrected chi connectivity index (χ3v) is 16.4. The van der Waals surface area contributed by atoms with Crippen LogP contribution in [-0.4, -0.2) is 103 Å². The second kappa shape index (κ2) is 12.1. The second-order valence-corrected chi connectivity index (χ2v) is 20.0. The Morgan fingerprint density at radius 3 is 2.42 bits per heavy atom. The van der Waals surface area contributed by atoms with Gasteiger partial charge >= 0.3 is 0 Å². The van der Waals surface area contributed by atoms with Crippen LogP contribution in [0.15, 0.2) is 0 Å². The van der Waals surface area contributed by atoms with E-state index in [4.69, 9.17) is 18.9 Å². The van der Waals surface area contributed by atoms with Crippen molar-refractivity contribution in [1.29, 1.82) is 0 Å². The van der Waals surface area contributed by atoms with Gasteiger partial charge in [-0.15, -0.1) is 0 Å². The number of hydrogen-bond acceptors (Lipinski definition) is 7. The van der Waals surface area contributed by atoms with Gasteiger partial charge in [-0.25, -0.2) is 0 Å². The first-order chi connectivity index (χ1) is 22.7. The molecule has 0 bridgehead atoms. The molecule has 0 aromatic heterocycles. The number of likely N-dealkylation sites (tertiary alicyclic amines) is 1. The summed E-state index contributed by atoms with van der Waals surface area (Å²) in [6.07, 6.45) is 13.3. The molecule has 1 N–H and O–H groups in total. The van der Waals surface area contributed by atoms with Gasteiger partial charge in [0.1, 0.15) is 6.10 Å². The third-order valence-electron chi connectivity index (χ3n) is 16.4. The van der Waals surface area contributed by atoms with Gasteiger partial charge in [-0.05, 0) is 136 Å². The van der Waals surface area contributed by atoms with Crippen LogP contribution in [0.5, 0.6) is 0 Å². The summed E-state index contributed by atoms with van der Waals surface area (Å²) in [5.74, 6) is 3.77. The molecule has 0 aromatic rings. The van der Waals surface area contributed by atoms with Gasteiger partial charge in [0.2, 0.25) is 0 Å². The number of aliphatic hydroxyl groups is 1. The smallest absolute Gasteiger partial charge is 0.170 e. The van der Waals surface area contributed by atoms with Crippen molar-refractivity contribution in [3.05, 3.63) is 0 Å². The van der Waals surface area contributed by atoms with Crippen LogP contribution >= 0.6 is 0 Å². The van der Waals surface area contributed by atoms with Crippen molar-refractivity contribution in [3.63, 3.8) is 0 Å². The second-order valence-electron chi connectivity index (χ2n) is 20.0. The molecule has 0 aromatic carbocycles. The summed E-state index contributed by atoms with van der Waals surface area (Å²) in [7, 11) is 0. The molecule has 274 valence electrons. The normalized spacial score (nSPS) is 48.1. The first-order valence-electron chi connectivity index (χ1n) is 20.4. The predicted octanol–water partition coefficient (Wildman–Crippen LogP) is 6.75. The topological polar surface area (TPSA) is 63.6 Å². The lowest BCUT2D eigenvalue weighted by molar-refractivity contribution is -0.250. The molecular formula is C41H70N2O5. The van der Waals surface area contributed by atoms with Gasteiger partial charge in [0.05, 0.1) is 30.5 Å². The van der Waals surface area contributed by atoms with E-state index in [1.165, 1.54) is 77.4 Å². The first kappa shape index (κ1) is 34.8. The van der Waals surface area contributed by atoms with Crippen LogP contribution in [0.4, 0.5) is 0 Å². The summed E-state index contributed by atoms with van der Waals surface area (Å²) < 4.78 is 26.5. The van der Waals surface area contributed by atoms with E-state index < -0.39 is 5.60 Å². The third kappa shape index (κ3) is 5.35. The highest BCUT2D eigenvalue weighted by atomic mass is 16.7. The monoisotopic (exact) mass is 671 g/mol. The number of fused-ring (bicyclic) bond motifs is 4. The standard InChI is InChI=1S/C41H70N2O5/c1-9-45-36(38(6,7)44)31-12-10-29-32(47-31)20-30-28-11-13-33-37(4,5)34(14-15-41(33)25-40(28,41)17-16-39(29,30)8)48-35-24-43(18-19-46-35)27-22-42(23-27)21-26(2)3/h26-36,44H,9-25H2,1-8H3. The van der Waals surface area contributed by atoms with Crippen LogP contribution in [0.3, 0.4) is 0 Å². The van der Waals surface area contributed by atoms with E-state index in [9.17, 15) is 5.11 Å². The maximum atomic E-state index is 11.0. The molecular weight excluding hydrogens is 600 g/mol. The quantitative estimate of drug-likeness (QED) is 0.291. The predicted molar refractivity (Wildman–Crippen MR) is 189 cm³/mol. The summed E-state index contributed by atoms with van der Waals surface area (Å²) in [5.41, 5.74) is 0.735. The van der Waals surface area contributed by atoms with E-state index in [2.05, 4.69) is 44.4 Å². The molecule has 7 heteroatoms. The van der Waals surface area contributed by atoms with E-state index in [1.807, 2.05) is 20.8 Å². The summed E-state index contributed by atoms with van der Waals surface area (Å²) >= 11 is 0. The summed E-state index contributed by atoms with van der Waals surface area (Å²) in [6, 6.07) is 0.670. The highest BCUT2D eigenvalue weighted by molar-refractivity contribution is 5.29. The molecule has 0 amide bonds. The molecule has 3 saturated heterocycles. The number of hydrogen-bond donors (Lipinski definition) is 1. The molecule has 8 rings (SSSR count). The molecule has 8 fully saturated rings. The van der Waals surface area contributed by atoms with Crippen LogP contribution in [0.25, 0.3) is 0 Å². The van der Waals surface area contributed by atoms with Gasteiger partial charge in [-0.1, -0.05) is 34.6 Å². The Labute approximate surface area is 292 Å². The molecule has 48 heavy (non-hydrogen) atoms. The lowest BCUT2D eigenvalue weighted by Gasteiger charge is -2.60. The minimum atomic E-state index is -0.894. The summed E-state index contributed by atoms with van der Waals surface area (Å²) in [4.78, 5) is 5.27. The molecule has 7 nitrogen and oxygen atoms in total. The Balaban J connectivity index is 0.924. The van der Waals surface area contributed by atoms with Crippen molar-refractivity contribution in [2.45, 2.75) is 162 Å². The van der Waals surface area contributed by atoms with Crippen molar-refractivity contribution in [2.24, 2.45) is 51.2 Å². The average Bonchev–Trinajstić information content (AvgIpc) is 3.58. The molecule has 12 atom stereocenters. The molecule has 12 unspecified atom stereocenters. The zero-order valence-electron chi connectivity index (χ0n) is 31.8. The number of rotatable bonds is 9. The van der Waals surface area contributed by atoms with E-state index >= 15 is 0 Å². The van der Waals surface area contributed by atoms with E-state index in [-0.39, 0.29) is 30.0 Å². The van der Waals surface area contributed by atoms with Gasteiger partial charge in [0, 0.05) is 45.4 Å². The van der Waals surface area contributed by atoms with Crippen LogP contribution in [0.1, 0.15) is 120 Å². The van der Waals surface area contributed by atoms with Gasteiger partial charge < -0.3 is 24.1 Å². The molecule has 5 saturated carbocycles. The Morgan fingerprint density at radius 2 is 1.69 bits per heavy atom. The van der Waals surface area contributed by atoms with Gasteiger partial charge in [0.25, 0.3) is 0 Å². The van der Waals surface area contributed by atoms with Gasteiger partial charge in [-0.2, -0.15) is 0 Å². The molecule has 0 radical (unpaired) electrons. The summed E-state index contributed by atoms with van der Waals surface area (Å²) in [6.45, 7) is 25.3. The van der Waals surface area contributed by atoms with Crippen molar-refractivity contribution in [1.82, 2.24) is 9.80 Å². The van der Waals surface area contributed by atoms with Crippen LogP contribution < -0.4 is 0 Å². The Bertz CT molecular complexity index is 1180. The maximum Gasteiger partial charge on any atom is 0.170 e. The van der Waals surface area contributed by atoms with Crippen molar-refractivity contribution < 1.29 is 24.1 Å². The highest BCUT2D eigenvalue weighted by Crippen LogP contribution is 2.87. The molecule has 8 aliphatic rings. The maximum absolute atomic E-state index is 11.0. The SMILES string of the molecule is CCOC(C1CCC2C(CC3C4CCC5C(C)(C)C(OC6CN(C7CN(CC(C)C)C7)CCO6)CCC56CC46CCC23C)O1)C(C)(C)O. The molecule has 3 aliphatic heterocycles. The minimum absolute atomic E-state index is 0.00324. The zero-order valence-corrected chi connectivity index (χ0v) is 31.8. The largest absolute Gasteiger partial charge is 0.388 e. The fourth-order valence-electron chi connectivity index (χ4n) is 14.3. The van der Waals surface area contributed by atoms with Gasteiger partial charge in [-0.3, -0.25) is 9.80 Å². The van der Waals surface area contributed by atoms with Crippen LogP contribution in [0.2, 0.25) is 0 Å². The van der Waals surface area contributed by atoms with Crippen molar-refractivity contribution in [3.8, 4) is 0 Å². The minimum Gasteiger partial charge on any atom is -0.388 e. The fraction of sp³-hybridized carbons (Fsp3) is 1.00. The van der Waals surface area contributed by atoms with Crippen LogP contribution in [0, 0.1) is 51.2 Å². The Kier molecular flexibility index (Phi) is 8.79. The van der Waals surface area contributed by atoms with E-state index in [0.29, 0.717) is 40.9 Å². The fourth-order valence-corrected chi connectivity index (χ4v) is 14.3. The van der Waals surface area contributed by atoms with Crippen LogP contribution in [-0.2, 0) is 18.9 Å². The molecule has 2 spiro atoms. The van der Waals surface area contributed by atoms with E-state index in [1.54, 1.807) is 0 Å². The first-order valence-corrected chi connectivity index (χ1v) is 20.4. The van der Waals surface area contributed by atoms with Gasteiger partial charge in [0.15, 0.2) is 6.29 Å². The Hall–Kier alpha value is -0.280. The number of morpholine rings is 1. The Morgan fingerprint density at radius 1 is 0.917 bits per heavy atom. The summed E-state index contributed by atoms with van der Waals surface area (Å²) in [5, 5.41) is 11.0. The van der Waals surface area contributed by atoms with Crippen molar-refractivity contribution in [2.75, 3.05) is 45.9 Å². The van der Waals surface area contributed by atoms with Crippen molar-refractivity contribution >= 4 is 0 Å². The average molecular weight is 671 g/mol. The molecule has 5 aliphatic carbocycles. The molecule has 3 heterocycles. The lowest BCUT2D eigenvalue weighted by Crippen LogP contribution is -2.63.